The first-order valence-electron chi connectivity index (χ1n) is 4.21. The monoisotopic (exact) mass is 358 g/mol. The summed E-state index contributed by atoms with van der Waals surface area (Å²) in [4.78, 5) is 0. The predicted molar refractivity (Wildman–Crippen MR) is 36.5 cm³/mol. The SMILES string of the molecule is FC(F)(F)C(F)(F)C(F)(F)C(F)(F)C(F)(F)[C](F)(F)[K]. The predicted octanol–water partition coefficient (Wildman–Crippen LogP) is 3.85. The van der Waals surface area contributed by atoms with Gasteiger partial charge in [0.05, 0.1) is 0 Å². The fourth-order valence-electron chi connectivity index (χ4n) is 0.848. The molecule has 20 heavy (non-hydrogen) atoms. The van der Waals surface area contributed by atoms with E-state index in [-0.39, 0.29) is 0 Å². The molecule has 0 saturated carbocycles. The van der Waals surface area contributed by atoms with Crippen molar-refractivity contribution in [3.8, 4) is 0 Å². The van der Waals surface area contributed by atoms with Crippen LogP contribution in [-0.2, 0) is 0 Å². The molecule has 0 atom stereocenters. The van der Waals surface area contributed by atoms with E-state index in [2.05, 4.69) is 0 Å². The summed E-state index contributed by atoms with van der Waals surface area (Å²) in [5, 5.41) is 0. The second-order valence-electron chi connectivity index (χ2n) is 3.68. The summed E-state index contributed by atoms with van der Waals surface area (Å²) >= 11 is -2.60. The summed E-state index contributed by atoms with van der Waals surface area (Å²) in [6, 6.07) is 0. The fourth-order valence-corrected chi connectivity index (χ4v) is 1.34. The normalized spacial score (nSPS) is 16.6. The van der Waals surface area contributed by atoms with Crippen molar-refractivity contribution < 1.29 is 57.1 Å². The standard InChI is InChI=1S/C6F13.K/c7-1(8)2(9,10)3(11,12)4(13,14)5(15,16)6(17,18)19;. The van der Waals surface area contributed by atoms with Crippen molar-refractivity contribution in [1.82, 2.24) is 0 Å². The molecule has 0 amide bonds. The summed E-state index contributed by atoms with van der Waals surface area (Å²) in [6.45, 7) is 0. The molecule has 0 spiro atoms. The van der Waals surface area contributed by atoms with Gasteiger partial charge in [-0.1, -0.05) is 0 Å². The van der Waals surface area contributed by atoms with Crippen molar-refractivity contribution in [2.75, 3.05) is 0 Å². The molecule has 0 aliphatic heterocycles. The van der Waals surface area contributed by atoms with E-state index in [1.807, 2.05) is 0 Å². The van der Waals surface area contributed by atoms with Gasteiger partial charge in [0.1, 0.15) is 0 Å². The zero-order valence-corrected chi connectivity index (χ0v) is 12.0. The second kappa shape index (κ2) is 5.13. The average molecular weight is 358 g/mol. The van der Waals surface area contributed by atoms with Crippen LogP contribution in [0.4, 0.5) is 57.1 Å². The first-order valence-corrected chi connectivity index (χ1v) is 5.77. The third kappa shape index (κ3) is 2.81. The van der Waals surface area contributed by atoms with Crippen molar-refractivity contribution in [3.63, 3.8) is 0 Å². The van der Waals surface area contributed by atoms with Gasteiger partial charge in [-0.15, -0.1) is 0 Å². The van der Waals surface area contributed by atoms with Crippen LogP contribution >= 0.6 is 0 Å². The molecule has 0 unspecified atom stereocenters. The van der Waals surface area contributed by atoms with E-state index in [0.29, 0.717) is 0 Å². The summed E-state index contributed by atoms with van der Waals surface area (Å²) < 4.78 is 153. The van der Waals surface area contributed by atoms with Gasteiger partial charge in [0.2, 0.25) is 0 Å². The van der Waals surface area contributed by atoms with Gasteiger partial charge in [-0.25, -0.2) is 0 Å². The molecule has 0 aliphatic carbocycles. The van der Waals surface area contributed by atoms with E-state index in [1.165, 1.54) is 0 Å². The number of hydrogen-bond donors (Lipinski definition) is 0. The van der Waals surface area contributed by atoms with Crippen LogP contribution in [0.25, 0.3) is 0 Å². The molecular formula is C6F13K. The van der Waals surface area contributed by atoms with Gasteiger partial charge in [0, 0.05) is 0 Å². The van der Waals surface area contributed by atoms with Gasteiger partial charge < -0.3 is 0 Å². The van der Waals surface area contributed by atoms with Crippen molar-refractivity contribution in [3.05, 3.63) is 0 Å². The van der Waals surface area contributed by atoms with E-state index >= 15 is 0 Å². The van der Waals surface area contributed by atoms with Gasteiger partial charge in [-0.2, -0.15) is 0 Å². The summed E-state index contributed by atoms with van der Waals surface area (Å²) in [6.07, 6.45) is -7.35. The molecule has 0 aromatic carbocycles. The van der Waals surface area contributed by atoms with E-state index in [9.17, 15) is 57.1 Å². The molecule has 116 valence electrons. The first kappa shape index (κ1) is 20.7. The Morgan fingerprint density at radius 3 is 0.850 bits per heavy atom. The zero-order valence-electron chi connectivity index (χ0n) is 8.91. The molecule has 0 fully saturated rings. The molecule has 0 aliphatic rings. The van der Waals surface area contributed by atoms with Crippen LogP contribution in [0.15, 0.2) is 0 Å². The molecular weight excluding hydrogens is 358 g/mol. The Morgan fingerprint density at radius 2 is 0.650 bits per heavy atom. The number of alkyl halides is 13. The Morgan fingerprint density at radius 1 is 0.400 bits per heavy atom. The van der Waals surface area contributed by atoms with Crippen LogP contribution in [0.2, 0.25) is 0 Å². The molecule has 0 aromatic rings. The molecule has 0 heterocycles. The van der Waals surface area contributed by atoms with Crippen molar-refractivity contribution in [2.45, 2.75) is 29.9 Å². The Balaban J connectivity index is 6.08. The molecule has 0 nitrogen and oxygen atoms in total. The minimum atomic E-state index is -7.77. The van der Waals surface area contributed by atoms with Gasteiger partial charge in [0.25, 0.3) is 0 Å². The van der Waals surface area contributed by atoms with Gasteiger partial charge in [0.15, 0.2) is 0 Å². The fraction of sp³-hybridized carbons (Fsp3) is 1.00. The number of halogens is 13. The van der Waals surface area contributed by atoms with Gasteiger partial charge >= 0.3 is 136 Å². The van der Waals surface area contributed by atoms with E-state index in [4.69, 9.17) is 0 Å². The first-order chi connectivity index (χ1) is 8.25. The Kier molecular flexibility index (Phi) is 5.31. The van der Waals surface area contributed by atoms with E-state index < -0.39 is 78.8 Å². The van der Waals surface area contributed by atoms with Crippen LogP contribution < -0.4 is 0 Å². The van der Waals surface area contributed by atoms with Crippen LogP contribution in [0.1, 0.15) is 0 Å². The molecule has 14 heteroatoms. The topological polar surface area (TPSA) is 0 Å². The van der Waals surface area contributed by atoms with Crippen molar-refractivity contribution >= 4 is 49.0 Å². The maximum atomic E-state index is 12.6. The Labute approximate surface area is 135 Å². The van der Waals surface area contributed by atoms with Crippen LogP contribution in [0.5, 0.6) is 0 Å². The van der Waals surface area contributed by atoms with Crippen LogP contribution in [0.3, 0.4) is 0 Å². The summed E-state index contributed by atoms with van der Waals surface area (Å²) in [5.41, 5.74) is 0. The molecule has 0 rings (SSSR count). The zero-order chi connectivity index (χ0) is 17.0. The van der Waals surface area contributed by atoms with Crippen molar-refractivity contribution in [1.29, 1.82) is 0 Å². The minimum absolute atomic E-state index is 2.60. The third-order valence-corrected chi connectivity index (χ3v) is 3.07. The van der Waals surface area contributed by atoms with Crippen molar-refractivity contribution in [2.24, 2.45) is 0 Å². The Bertz CT molecular complexity index is 324. The maximum absolute atomic E-state index is 12.6. The van der Waals surface area contributed by atoms with E-state index in [0.717, 1.165) is 0 Å². The molecule has 0 N–H and O–H groups in total. The second-order valence-corrected chi connectivity index (χ2v) is 5.64. The Hall–Kier alpha value is 0.726. The summed E-state index contributed by atoms with van der Waals surface area (Å²) in [7, 11) is 0. The summed E-state index contributed by atoms with van der Waals surface area (Å²) in [5.74, 6) is -30.1. The average Bonchev–Trinajstić information content (AvgIpc) is 2.12. The van der Waals surface area contributed by atoms with Gasteiger partial charge in [-0.05, 0) is 0 Å². The quantitative estimate of drug-likeness (QED) is 0.529. The molecule has 0 radical (unpaired) electrons. The molecule has 0 bridgehead atoms. The number of hydrogen-bond acceptors (Lipinski definition) is 0. The molecule has 0 aromatic heterocycles. The third-order valence-electron chi connectivity index (χ3n) is 2.09. The van der Waals surface area contributed by atoms with Gasteiger partial charge in [-0.3, -0.25) is 0 Å². The number of rotatable bonds is 4. The molecule has 0 saturated heterocycles. The van der Waals surface area contributed by atoms with Crippen LogP contribution in [0, 0.1) is 0 Å². The van der Waals surface area contributed by atoms with E-state index in [1.54, 1.807) is 0 Å². The van der Waals surface area contributed by atoms with Crippen LogP contribution in [-0.4, -0.2) is 78.8 Å².